The summed E-state index contributed by atoms with van der Waals surface area (Å²) in [5.74, 6) is 1.71. The Balaban J connectivity index is 2.17. The molecule has 0 amide bonds. The van der Waals surface area contributed by atoms with Crippen molar-refractivity contribution in [2.75, 3.05) is 17.5 Å². The molecule has 0 bridgehead atoms. The number of phenols is 1. The van der Waals surface area contributed by atoms with E-state index in [4.69, 9.17) is 0 Å². The van der Waals surface area contributed by atoms with Crippen molar-refractivity contribution >= 4 is 22.6 Å². The van der Waals surface area contributed by atoms with Crippen LogP contribution in [0.1, 0.15) is 11.5 Å². The molecule has 1 aliphatic heterocycles. The third-order valence-electron chi connectivity index (χ3n) is 2.86. The van der Waals surface area contributed by atoms with E-state index >= 15 is 0 Å². The fraction of sp³-hybridized carbons (Fsp3) is 0.455. The van der Waals surface area contributed by atoms with Crippen LogP contribution < -0.4 is 5.32 Å². The number of benzene rings is 1. The number of hydrogen-bond acceptors (Lipinski definition) is 2. The van der Waals surface area contributed by atoms with Crippen molar-refractivity contribution in [2.24, 2.45) is 5.92 Å². The van der Waals surface area contributed by atoms with Gasteiger partial charge in [-0.3, -0.25) is 0 Å². The molecule has 2 unspecified atom stereocenters. The van der Waals surface area contributed by atoms with Gasteiger partial charge < -0.3 is 10.4 Å². The molecule has 0 saturated carbocycles. The monoisotopic (exact) mass is 303 g/mol. The first kappa shape index (κ1) is 10.2. The Morgan fingerprint density at radius 3 is 2.64 bits per heavy atom. The number of nitrogens with one attached hydrogen (secondary N) is 1. The summed E-state index contributed by atoms with van der Waals surface area (Å²) in [6, 6.07) is 7.62. The van der Waals surface area contributed by atoms with Crippen LogP contribution in [0.15, 0.2) is 24.3 Å². The van der Waals surface area contributed by atoms with Crippen molar-refractivity contribution in [3.63, 3.8) is 0 Å². The zero-order chi connectivity index (χ0) is 9.97. The predicted octanol–water partition coefficient (Wildman–Crippen LogP) is 2.13. The zero-order valence-electron chi connectivity index (χ0n) is 7.91. The molecule has 2 rings (SSSR count). The van der Waals surface area contributed by atoms with Gasteiger partial charge in [0.05, 0.1) is 0 Å². The minimum absolute atomic E-state index is 0.353. The van der Waals surface area contributed by atoms with E-state index in [1.54, 1.807) is 12.1 Å². The van der Waals surface area contributed by atoms with Crippen LogP contribution in [0.3, 0.4) is 0 Å². The van der Waals surface area contributed by atoms with Gasteiger partial charge in [0.25, 0.3) is 0 Å². The van der Waals surface area contributed by atoms with Gasteiger partial charge in [-0.05, 0) is 30.2 Å². The van der Waals surface area contributed by atoms with E-state index < -0.39 is 0 Å². The van der Waals surface area contributed by atoms with Crippen LogP contribution in [0, 0.1) is 5.92 Å². The molecule has 1 aliphatic rings. The number of halogens is 1. The number of phenolic OH excluding ortho intramolecular Hbond substituents is 1. The van der Waals surface area contributed by atoms with Crippen LogP contribution in [0.2, 0.25) is 0 Å². The van der Waals surface area contributed by atoms with Crippen molar-refractivity contribution in [3.05, 3.63) is 29.8 Å². The minimum atomic E-state index is 0.353. The molecule has 0 spiro atoms. The Hall–Kier alpha value is -0.290. The van der Waals surface area contributed by atoms with Gasteiger partial charge >= 0.3 is 0 Å². The molecule has 0 aromatic heterocycles. The van der Waals surface area contributed by atoms with E-state index in [2.05, 4.69) is 27.9 Å². The average Bonchev–Trinajstić information content (AvgIpc) is 2.67. The summed E-state index contributed by atoms with van der Waals surface area (Å²) in [4.78, 5) is 0. The molecule has 0 aliphatic carbocycles. The zero-order valence-corrected chi connectivity index (χ0v) is 10.1. The smallest absolute Gasteiger partial charge is 0.115 e. The quantitative estimate of drug-likeness (QED) is 0.648. The van der Waals surface area contributed by atoms with Gasteiger partial charge in [-0.2, -0.15) is 0 Å². The molecular weight excluding hydrogens is 289 g/mol. The summed E-state index contributed by atoms with van der Waals surface area (Å²) in [5.41, 5.74) is 1.34. The Kier molecular flexibility index (Phi) is 3.28. The second-order valence-corrected chi connectivity index (χ2v) is 4.65. The summed E-state index contributed by atoms with van der Waals surface area (Å²) < 4.78 is 1.19. The second-order valence-electron chi connectivity index (χ2n) is 3.77. The molecule has 1 aromatic rings. The Morgan fingerprint density at radius 1 is 1.29 bits per heavy atom. The van der Waals surface area contributed by atoms with Crippen molar-refractivity contribution < 1.29 is 5.11 Å². The predicted molar refractivity (Wildman–Crippen MR) is 66.1 cm³/mol. The van der Waals surface area contributed by atoms with Gasteiger partial charge in [0.1, 0.15) is 5.75 Å². The summed E-state index contributed by atoms with van der Waals surface area (Å²) in [5, 5.41) is 12.6. The van der Waals surface area contributed by atoms with Crippen LogP contribution in [0.4, 0.5) is 0 Å². The van der Waals surface area contributed by atoms with Crippen LogP contribution in [0.25, 0.3) is 0 Å². The Bertz CT molecular complexity index is 299. The molecule has 0 radical (unpaired) electrons. The van der Waals surface area contributed by atoms with Gasteiger partial charge in [0.2, 0.25) is 0 Å². The maximum Gasteiger partial charge on any atom is 0.115 e. The van der Waals surface area contributed by atoms with Gasteiger partial charge in [-0.25, -0.2) is 0 Å². The van der Waals surface area contributed by atoms with Gasteiger partial charge in [-0.1, -0.05) is 34.7 Å². The van der Waals surface area contributed by atoms with Crippen LogP contribution in [-0.2, 0) is 0 Å². The lowest BCUT2D eigenvalue weighted by Crippen LogP contribution is -2.11. The van der Waals surface area contributed by atoms with E-state index in [-0.39, 0.29) is 0 Å². The number of alkyl halides is 1. The highest BCUT2D eigenvalue weighted by Gasteiger charge is 2.26. The fourth-order valence-electron chi connectivity index (χ4n) is 2.01. The number of aromatic hydroxyl groups is 1. The standard InChI is InChI=1S/C11H14INO/c12-5-9-6-13-7-11(9)8-1-3-10(14)4-2-8/h1-4,9,11,13-14H,5-7H2. The normalized spacial score (nSPS) is 26.6. The first-order valence-corrected chi connectivity index (χ1v) is 6.39. The first-order valence-electron chi connectivity index (χ1n) is 4.87. The van der Waals surface area contributed by atoms with Crippen LogP contribution in [-0.4, -0.2) is 22.6 Å². The molecular formula is C11H14INO. The largest absolute Gasteiger partial charge is 0.508 e. The van der Waals surface area contributed by atoms with E-state index in [1.165, 1.54) is 9.99 Å². The Morgan fingerprint density at radius 2 is 2.00 bits per heavy atom. The van der Waals surface area contributed by atoms with E-state index in [9.17, 15) is 5.11 Å². The lowest BCUT2D eigenvalue weighted by Gasteiger charge is -2.16. The number of hydrogen-bond donors (Lipinski definition) is 2. The third-order valence-corrected chi connectivity index (χ3v) is 3.99. The Labute approximate surface area is 97.9 Å². The van der Waals surface area contributed by atoms with Gasteiger partial charge in [0, 0.05) is 16.9 Å². The SMILES string of the molecule is Oc1ccc(C2CNCC2CI)cc1. The minimum Gasteiger partial charge on any atom is -0.508 e. The molecule has 2 atom stereocenters. The molecule has 1 fully saturated rings. The number of rotatable bonds is 2. The summed E-state index contributed by atoms with van der Waals surface area (Å²) in [6.45, 7) is 2.19. The van der Waals surface area contributed by atoms with Crippen molar-refractivity contribution in [2.45, 2.75) is 5.92 Å². The van der Waals surface area contributed by atoms with Gasteiger partial charge in [0.15, 0.2) is 0 Å². The molecule has 76 valence electrons. The van der Waals surface area contributed by atoms with Crippen molar-refractivity contribution in [1.82, 2.24) is 5.32 Å². The van der Waals surface area contributed by atoms with Gasteiger partial charge in [-0.15, -0.1) is 0 Å². The van der Waals surface area contributed by atoms with E-state index in [0.717, 1.165) is 19.0 Å². The molecule has 1 aromatic carbocycles. The molecule has 2 nitrogen and oxygen atoms in total. The molecule has 14 heavy (non-hydrogen) atoms. The first-order chi connectivity index (χ1) is 6.81. The van der Waals surface area contributed by atoms with E-state index in [0.29, 0.717) is 11.7 Å². The molecule has 1 saturated heterocycles. The fourth-order valence-corrected chi connectivity index (χ4v) is 2.93. The maximum atomic E-state index is 9.21. The highest BCUT2D eigenvalue weighted by Crippen LogP contribution is 2.30. The average molecular weight is 303 g/mol. The lowest BCUT2D eigenvalue weighted by molar-refractivity contribution is 0.474. The summed E-state index contributed by atoms with van der Waals surface area (Å²) in [6.07, 6.45) is 0. The maximum absolute atomic E-state index is 9.21. The lowest BCUT2D eigenvalue weighted by atomic mass is 9.90. The van der Waals surface area contributed by atoms with Crippen LogP contribution >= 0.6 is 22.6 Å². The highest BCUT2D eigenvalue weighted by molar-refractivity contribution is 14.1. The topological polar surface area (TPSA) is 32.3 Å². The van der Waals surface area contributed by atoms with E-state index in [1.807, 2.05) is 12.1 Å². The van der Waals surface area contributed by atoms with Crippen LogP contribution in [0.5, 0.6) is 5.75 Å². The molecule has 3 heteroatoms. The van der Waals surface area contributed by atoms with Crippen molar-refractivity contribution in [3.8, 4) is 5.75 Å². The third kappa shape index (κ3) is 2.03. The molecule has 1 heterocycles. The summed E-state index contributed by atoms with van der Waals surface area (Å²) in [7, 11) is 0. The second kappa shape index (κ2) is 4.49. The molecule has 2 N–H and O–H groups in total. The summed E-state index contributed by atoms with van der Waals surface area (Å²) >= 11 is 2.45. The highest BCUT2D eigenvalue weighted by atomic mass is 127. The van der Waals surface area contributed by atoms with Crippen molar-refractivity contribution in [1.29, 1.82) is 0 Å².